The molecule has 25 heavy (non-hydrogen) atoms. The number of hydrogen-bond donors (Lipinski definition) is 1. The Bertz CT molecular complexity index is 899. The maximum Gasteiger partial charge on any atom is 0.228 e. The van der Waals surface area contributed by atoms with Gasteiger partial charge in [-0.15, -0.1) is 11.3 Å². The monoisotopic (exact) mass is 352 g/mol. The number of benzene rings is 2. The molecule has 0 saturated heterocycles. The van der Waals surface area contributed by atoms with E-state index in [-0.39, 0.29) is 23.6 Å². The number of halogens is 1. The third-order valence-corrected chi connectivity index (χ3v) is 5.68. The number of para-hydroxylation sites is 1. The topological polar surface area (TPSA) is 42.0 Å². The third-order valence-electron chi connectivity index (χ3n) is 4.51. The molecule has 5 heteroatoms. The summed E-state index contributed by atoms with van der Waals surface area (Å²) in [6, 6.07) is 13.9. The lowest BCUT2D eigenvalue weighted by Crippen LogP contribution is -2.29. The van der Waals surface area contributed by atoms with Crippen molar-refractivity contribution in [3.63, 3.8) is 0 Å². The van der Waals surface area contributed by atoms with Crippen molar-refractivity contribution >= 4 is 33.1 Å². The highest BCUT2D eigenvalue weighted by molar-refractivity contribution is 7.18. The first-order chi connectivity index (χ1) is 12.2. The molecule has 0 saturated carbocycles. The molecule has 126 valence electrons. The second-order valence-corrected chi connectivity index (χ2v) is 7.23. The number of rotatable bonds is 3. The number of thiazole rings is 1. The molecule has 3 aromatic rings. The van der Waals surface area contributed by atoms with Crippen molar-refractivity contribution in [2.75, 3.05) is 5.32 Å². The van der Waals surface area contributed by atoms with E-state index in [4.69, 9.17) is 4.98 Å². The van der Waals surface area contributed by atoms with E-state index in [1.54, 1.807) is 23.5 Å². The molecule has 2 atom stereocenters. The number of nitrogens with zero attached hydrogens (tertiary/aromatic N) is 1. The van der Waals surface area contributed by atoms with Crippen LogP contribution in [-0.2, 0) is 4.79 Å². The van der Waals surface area contributed by atoms with Crippen LogP contribution in [0.4, 0.5) is 10.1 Å². The standard InChI is InChI=1S/C20H17FN2OS/c21-13-9-11-14(12-10-13)22-19(24)15-5-1-2-6-16(15)20-23-17-7-3-4-8-18(17)25-20/h1-4,7-12,15-16H,5-6H2,(H,22,24). The van der Waals surface area contributed by atoms with Gasteiger partial charge in [0, 0.05) is 11.6 Å². The summed E-state index contributed by atoms with van der Waals surface area (Å²) in [5, 5.41) is 3.91. The summed E-state index contributed by atoms with van der Waals surface area (Å²) in [6.45, 7) is 0. The van der Waals surface area contributed by atoms with E-state index in [0.717, 1.165) is 21.6 Å². The van der Waals surface area contributed by atoms with Crippen molar-refractivity contribution in [1.29, 1.82) is 0 Å². The summed E-state index contributed by atoms with van der Waals surface area (Å²) in [4.78, 5) is 17.5. The minimum absolute atomic E-state index is 0.0415. The van der Waals surface area contributed by atoms with E-state index in [1.165, 1.54) is 12.1 Å². The van der Waals surface area contributed by atoms with Crippen LogP contribution in [0.1, 0.15) is 23.8 Å². The molecule has 4 rings (SSSR count). The number of nitrogens with one attached hydrogen (secondary N) is 1. The maximum atomic E-state index is 13.0. The summed E-state index contributed by atoms with van der Waals surface area (Å²) < 4.78 is 14.2. The average Bonchev–Trinajstić information content (AvgIpc) is 3.07. The van der Waals surface area contributed by atoms with Crippen LogP contribution in [0.15, 0.2) is 60.7 Å². The smallest absolute Gasteiger partial charge is 0.228 e. The number of amides is 1. The first-order valence-corrected chi connectivity index (χ1v) is 9.09. The maximum absolute atomic E-state index is 13.0. The summed E-state index contributed by atoms with van der Waals surface area (Å²) >= 11 is 1.66. The summed E-state index contributed by atoms with van der Waals surface area (Å²) in [6.07, 6.45) is 5.67. The van der Waals surface area contributed by atoms with Gasteiger partial charge < -0.3 is 5.32 Å². The minimum Gasteiger partial charge on any atom is -0.326 e. The van der Waals surface area contributed by atoms with E-state index < -0.39 is 0 Å². The van der Waals surface area contributed by atoms with Gasteiger partial charge in [0.1, 0.15) is 5.82 Å². The van der Waals surface area contributed by atoms with Gasteiger partial charge in [-0.05, 0) is 49.2 Å². The molecule has 1 aliphatic rings. The highest BCUT2D eigenvalue weighted by atomic mass is 32.1. The Balaban J connectivity index is 1.59. The highest BCUT2D eigenvalue weighted by Gasteiger charge is 2.32. The van der Waals surface area contributed by atoms with Gasteiger partial charge in [-0.2, -0.15) is 0 Å². The third kappa shape index (κ3) is 3.33. The van der Waals surface area contributed by atoms with Gasteiger partial charge in [-0.1, -0.05) is 24.3 Å². The van der Waals surface area contributed by atoms with Crippen molar-refractivity contribution in [1.82, 2.24) is 4.98 Å². The van der Waals surface area contributed by atoms with Gasteiger partial charge in [-0.3, -0.25) is 4.79 Å². The van der Waals surface area contributed by atoms with E-state index in [9.17, 15) is 9.18 Å². The van der Waals surface area contributed by atoms with Gasteiger partial charge in [0.15, 0.2) is 0 Å². The number of carbonyl (C=O) groups excluding carboxylic acids is 1. The molecule has 1 heterocycles. The fourth-order valence-electron chi connectivity index (χ4n) is 3.19. The Hall–Kier alpha value is -2.53. The predicted molar refractivity (Wildman–Crippen MR) is 99.3 cm³/mol. The SMILES string of the molecule is O=C(Nc1ccc(F)cc1)C1CC=CCC1c1nc2ccccc2s1. The quantitative estimate of drug-likeness (QED) is 0.665. The summed E-state index contributed by atoms with van der Waals surface area (Å²) in [5.41, 5.74) is 1.60. The highest BCUT2D eigenvalue weighted by Crippen LogP contribution is 2.39. The summed E-state index contributed by atoms with van der Waals surface area (Å²) in [5.74, 6) is -0.454. The number of fused-ring (bicyclic) bond motifs is 1. The lowest BCUT2D eigenvalue weighted by Gasteiger charge is -2.26. The van der Waals surface area contributed by atoms with Crippen molar-refractivity contribution in [2.24, 2.45) is 5.92 Å². The Kier molecular flexibility index (Phi) is 4.32. The van der Waals surface area contributed by atoms with Gasteiger partial charge >= 0.3 is 0 Å². The largest absolute Gasteiger partial charge is 0.326 e. The molecule has 2 unspecified atom stereocenters. The number of hydrogen-bond acceptors (Lipinski definition) is 3. The van der Waals surface area contributed by atoms with Crippen LogP contribution >= 0.6 is 11.3 Å². The molecule has 0 aliphatic heterocycles. The average molecular weight is 352 g/mol. The van der Waals surface area contributed by atoms with Gasteiger partial charge in [-0.25, -0.2) is 9.37 Å². The first-order valence-electron chi connectivity index (χ1n) is 8.27. The van der Waals surface area contributed by atoms with Crippen LogP contribution in [0.3, 0.4) is 0 Å². The number of carbonyl (C=O) groups is 1. The fourth-order valence-corrected chi connectivity index (χ4v) is 4.34. The van der Waals surface area contributed by atoms with Crippen LogP contribution in [0.25, 0.3) is 10.2 Å². The molecule has 1 aliphatic carbocycles. The second kappa shape index (κ2) is 6.76. The molecule has 0 spiro atoms. The molecule has 1 N–H and O–H groups in total. The zero-order valence-corrected chi connectivity index (χ0v) is 14.3. The molecule has 1 amide bonds. The Morgan fingerprint density at radius 1 is 1.08 bits per heavy atom. The van der Waals surface area contributed by atoms with Gasteiger partial charge in [0.25, 0.3) is 0 Å². The zero-order chi connectivity index (χ0) is 17.2. The fraction of sp³-hybridized carbons (Fsp3) is 0.200. The second-order valence-electron chi connectivity index (χ2n) is 6.17. The van der Waals surface area contributed by atoms with Crippen molar-refractivity contribution in [2.45, 2.75) is 18.8 Å². The van der Waals surface area contributed by atoms with Gasteiger partial charge in [0.05, 0.1) is 21.1 Å². The Labute approximate surface area is 149 Å². The molecular formula is C20H17FN2OS. The molecule has 3 nitrogen and oxygen atoms in total. The Morgan fingerprint density at radius 2 is 1.84 bits per heavy atom. The molecule has 0 radical (unpaired) electrons. The van der Waals surface area contributed by atoms with E-state index >= 15 is 0 Å². The number of anilines is 1. The van der Waals surface area contributed by atoms with Crippen molar-refractivity contribution in [3.05, 3.63) is 71.5 Å². The first kappa shape index (κ1) is 16.0. The lowest BCUT2D eigenvalue weighted by atomic mass is 9.82. The van der Waals surface area contributed by atoms with Crippen molar-refractivity contribution < 1.29 is 9.18 Å². The van der Waals surface area contributed by atoms with Crippen LogP contribution in [0.5, 0.6) is 0 Å². The molecule has 0 fully saturated rings. The number of allylic oxidation sites excluding steroid dienone is 2. The van der Waals surface area contributed by atoms with E-state index in [1.807, 2.05) is 18.2 Å². The van der Waals surface area contributed by atoms with Crippen LogP contribution in [-0.4, -0.2) is 10.9 Å². The Morgan fingerprint density at radius 3 is 2.64 bits per heavy atom. The predicted octanol–water partition coefficient (Wildman–Crippen LogP) is 5.12. The zero-order valence-electron chi connectivity index (χ0n) is 13.5. The molecule has 2 aromatic carbocycles. The van der Waals surface area contributed by atoms with Crippen LogP contribution in [0, 0.1) is 11.7 Å². The van der Waals surface area contributed by atoms with Crippen LogP contribution < -0.4 is 5.32 Å². The van der Waals surface area contributed by atoms with E-state index in [2.05, 4.69) is 23.5 Å². The van der Waals surface area contributed by atoms with Gasteiger partial charge in [0.2, 0.25) is 5.91 Å². The normalized spacial score (nSPS) is 19.9. The van der Waals surface area contributed by atoms with Crippen molar-refractivity contribution in [3.8, 4) is 0 Å². The molecule has 1 aromatic heterocycles. The lowest BCUT2D eigenvalue weighted by molar-refractivity contribution is -0.120. The number of aromatic nitrogens is 1. The molecule has 0 bridgehead atoms. The van der Waals surface area contributed by atoms with E-state index in [0.29, 0.717) is 12.1 Å². The van der Waals surface area contributed by atoms with Crippen LogP contribution in [0.2, 0.25) is 0 Å². The molecular weight excluding hydrogens is 335 g/mol. The summed E-state index contributed by atoms with van der Waals surface area (Å²) in [7, 11) is 0. The minimum atomic E-state index is -0.314.